The molecular formula is C8H9F3N2O. The third-order valence-corrected chi connectivity index (χ3v) is 1.82. The van der Waals surface area contributed by atoms with Gasteiger partial charge in [-0.3, -0.25) is 4.79 Å². The van der Waals surface area contributed by atoms with E-state index in [4.69, 9.17) is 0 Å². The van der Waals surface area contributed by atoms with Crippen molar-refractivity contribution in [2.75, 3.05) is 12.4 Å². The quantitative estimate of drug-likeness (QED) is 0.754. The van der Waals surface area contributed by atoms with Crippen molar-refractivity contribution in [2.45, 2.75) is 6.18 Å². The standard InChI is InChI=1S/C8H9F3N2O/c1-12-6-5(8(9,10)11)3-4-13(2)7(6)14/h3-4,12H,1-2H3. The van der Waals surface area contributed by atoms with Crippen LogP contribution in [-0.2, 0) is 13.2 Å². The summed E-state index contributed by atoms with van der Waals surface area (Å²) in [5.74, 6) is 0. The number of rotatable bonds is 1. The Labute approximate surface area is 78.2 Å². The molecule has 1 aromatic rings. The number of alkyl halides is 3. The molecule has 0 fully saturated rings. The van der Waals surface area contributed by atoms with Crippen LogP contribution >= 0.6 is 0 Å². The molecule has 0 amide bonds. The van der Waals surface area contributed by atoms with E-state index in [0.29, 0.717) is 0 Å². The molecule has 1 N–H and O–H groups in total. The maximum atomic E-state index is 12.4. The van der Waals surface area contributed by atoms with Crippen LogP contribution in [0.4, 0.5) is 18.9 Å². The fourth-order valence-corrected chi connectivity index (χ4v) is 1.11. The van der Waals surface area contributed by atoms with Gasteiger partial charge < -0.3 is 9.88 Å². The lowest BCUT2D eigenvalue weighted by Gasteiger charge is -2.12. The van der Waals surface area contributed by atoms with Crippen LogP contribution in [0.1, 0.15) is 5.56 Å². The number of anilines is 1. The third-order valence-electron chi connectivity index (χ3n) is 1.82. The number of hydrogen-bond acceptors (Lipinski definition) is 2. The number of halogens is 3. The first-order valence-electron chi connectivity index (χ1n) is 3.82. The predicted octanol–water partition coefficient (Wildman–Crippen LogP) is 1.45. The summed E-state index contributed by atoms with van der Waals surface area (Å²) in [6.45, 7) is 0. The average Bonchev–Trinajstić information content (AvgIpc) is 2.07. The maximum Gasteiger partial charge on any atom is 0.418 e. The molecule has 0 radical (unpaired) electrons. The van der Waals surface area contributed by atoms with Crippen LogP contribution in [-0.4, -0.2) is 11.6 Å². The van der Waals surface area contributed by atoms with Gasteiger partial charge in [0, 0.05) is 20.3 Å². The van der Waals surface area contributed by atoms with Crippen LogP contribution in [0.3, 0.4) is 0 Å². The van der Waals surface area contributed by atoms with Gasteiger partial charge in [0.05, 0.1) is 5.56 Å². The molecule has 0 saturated heterocycles. The van der Waals surface area contributed by atoms with Gasteiger partial charge in [-0.05, 0) is 6.07 Å². The summed E-state index contributed by atoms with van der Waals surface area (Å²) in [4.78, 5) is 11.3. The molecule has 0 aliphatic rings. The van der Waals surface area contributed by atoms with E-state index in [0.717, 1.165) is 16.8 Å². The van der Waals surface area contributed by atoms with Crippen molar-refractivity contribution in [2.24, 2.45) is 7.05 Å². The van der Waals surface area contributed by atoms with Gasteiger partial charge in [-0.2, -0.15) is 13.2 Å². The largest absolute Gasteiger partial charge is 0.418 e. The topological polar surface area (TPSA) is 34.0 Å². The van der Waals surface area contributed by atoms with E-state index >= 15 is 0 Å². The van der Waals surface area contributed by atoms with Crippen LogP contribution in [0, 0.1) is 0 Å². The van der Waals surface area contributed by atoms with Gasteiger partial charge in [0.2, 0.25) is 0 Å². The van der Waals surface area contributed by atoms with Crippen molar-refractivity contribution >= 4 is 5.69 Å². The molecule has 78 valence electrons. The number of aryl methyl sites for hydroxylation is 1. The van der Waals surface area contributed by atoms with Gasteiger partial charge in [0.1, 0.15) is 5.69 Å². The third kappa shape index (κ3) is 1.73. The van der Waals surface area contributed by atoms with Crippen molar-refractivity contribution in [1.82, 2.24) is 4.57 Å². The van der Waals surface area contributed by atoms with Crippen LogP contribution in [0.15, 0.2) is 17.1 Å². The molecule has 1 aromatic heterocycles. The number of aromatic nitrogens is 1. The molecule has 0 bridgehead atoms. The molecule has 3 nitrogen and oxygen atoms in total. The molecule has 0 spiro atoms. The zero-order chi connectivity index (χ0) is 10.9. The van der Waals surface area contributed by atoms with E-state index in [1.807, 2.05) is 0 Å². The summed E-state index contributed by atoms with van der Waals surface area (Å²) in [5.41, 5.74) is -2.06. The molecule has 6 heteroatoms. The molecule has 14 heavy (non-hydrogen) atoms. The van der Waals surface area contributed by atoms with Crippen LogP contribution in [0.2, 0.25) is 0 Å². The van der Waals surface area contributed by atoms with Gasteiger partial charge in [0.15, 0.2) is 0 Å². The Morgan fingerprint density at radius 2 is 2.00 bits per heavy atom. The highest BCUT2D eigenvalue weighted by Crippen LogP contribution is 2.32. The molecule has 1 heterocycles. The van der Waals surface area contributed by atoms with Gasteiger partial charge in [0.25, 0.3) is 5.56 Å². The summed E-state index contributed by atoms with van der Waals surface area (Å²) in [7, 11) is 2.68. The fraction of sp³-hybridized carbons (Fsp3) is 0.375. The number of pyridine rings is 1. The smallest absolute Gasteiger partial charge is 0.383 e. The molecule has 1 rings (SSSR count). The normalized spacial score (nSPS) is 11.5. The van der Waals surface area contributed by atoms with Crippen molar-refractivity contribution in [1.29, 1.82) is 0 Å². The Morgan fingerprint density at radius 3 is 2.43 bits per heavy atom. The van der Waals surface area contributed by atoms with Gasteiger partial charge in [-0.15, -0.1) is 0 Å². The average molecular weight is 206 g/mol. The highest BCUT2D eigenvalue weighted by molar-refractivity contribution is 5.50. The van der Waals surface area contributed by atoms with Gasteiger partial charge in [-0.25, -0.2) is 0 Å². The summed E-state index contributed by atoms with van der Waals surface area (Å²) in [6, 6.07) is 0.868. The second kappa shape index (κ2) is 3.36. The summed E-state index contributed by atoms with van der Waals surface area (Å²) in [6.07, 6.45) is -3.42. The highest BCUT2D eigenvalue weighted by atomic mass is 19.4. The molecule has 0 unspecified atom stereocenters. The minimum atomic E-state index is -4.51. The Morgan fingerprint density at radius 1 is 1.43 bits per heavy atom. The monoisotopic (exact) mass is 206 g/mol. The Bertz CT molecular complexity index is 395. The Balaban J connectivity index is 3.47. The first-order chi connectivity index (χ1) is 6.38. The second-order valence-corrected chi connectivity index (χ2v) is 2.77. The number of hydrogen-bond donors (Lipinski definition) is 1. The van der Waals surface area contributed by atoms with E-state index in [9.17, 15) is 18.0 Å². The van der Waals surface area contributed by atoms with Crippen LogP contribution < -0.4 is 10.9 Å². The molecular weight excluding hydrogens is 197 g/mol. The van der Waals surface area contributed by atoms with E-state index in [1.165, 1.54) is 14.1 Å². The zero-order valence-electron chi connectivity index (χ0n) is 7.64. The minimum absolute atomic E-state index is 0.428. The number of nitrogens with one attached hydrogen (secondary N) is 1. The predicted molar refractivity (Wildman–Crippen MR) is 46.2 cm³/mol. The zero-order valence-corrected chi connectivity index (χ0v) is 7.64. The van der Waals surface area contributed by atoms with E-state index in [1.54, 1.807) is 0 Å². The lowest BCUT2D eigenvalue weighted by Crippen LogP contribution is -2.24. The first-order valence-corrected chi connectivity index (χ1v) is 3.82. The number of nitrogens with zero attached hydrogens (tertiary/aromatic N) is 1. The minimum Gasteiger partial charge on any atom is -0.383 e. The first kappa shape index (κ1) is 10.6. The summed E-state index contributed by atoms with van der Waals surface area (Å²) < 4.78 is 38.2. The van der Waals surface area contributed by atoms with Gasteiger partial charge in [-0.1, -0.05) is 0 Å². The van der Waals surface area contributed by atoms with Crippen LogP contribution in [0.5, 0.6) is 0 Å². The highest BCUT2D eigenvalue weighted by Gasteiger charge is 2.34. The van der Waals surface area contributed by atoms with E-state index in [2.05, 4.69) is 5.32 Å². The van der Waals surface area contributed by atoms with Crippen molar-refractivity contribution in [3.05, 3.63) is 28.2 Å². The maximum absolute atomic E-state index is 12.4. The molecule has 0 aliphatic heterocycles. The van der Waals surface area contributed by atoms with Gasteiger partial charge >= 0.3 is 6.18 Å². The second-order valence-electron chi connectivity index (χ2n) is 2.77. The Hall–Kier alpha value is -1.46. The molecule has 0 aliphatic carbocycles. The van der Waals surface area contributed by atoms with Crippen molar-refractivity contribution in [3.8, 4) is 0 Å². The summed E-state index contributed by atoms with van der Waals surface area (Å²) >= 11 is 0. The molecule has 0 aromatic carbocycles. The van der Waals surface area contributed by atoms with E-state index < -0.39 is 23.0 Å². The summed E-state index contributed by atoms with van der Waals surface area (Å²) in [5, 5.41) is 2.26. The lowest BCUT2D eigenvalue weighted by atomic mass is 10.2. The van der Waals surface area contributed by atoms with Crippen LogP contribution in [0.25, 0.3) is 0 Å². The molecule has 0 saturated carbocycles. The SMILES string of the molecule is CNc1c(C(F)(F)F)ccn(C)c1=O. The Kier molecular flexibility index (Phi) is 2.55. The molecule has 0 atom stereocenters. The van der Waals surface area contributed by atoms with Crippen molar-refractivity contribution in [3.63, 3.8) is 0 Å². The van der Waals surface area contributed by atoms with Crippen molar-refractivity contribution < 1.29 is 13.2 Å². The van der Waals surface area contributed by atoms with E-state index in [-0.39, 0.29) is 0 Å². The fourth-order valence-electron chi connectivity index (χ4n) is 1.11. The lowest BCUT2D eigenvalue weighted by molar-refractivity contribution is -0.137.